The second-order valence-electron chi connectivity index (χ2n) is 11.2. The van der Waals surface area contributed by atoms with Gasteiger partial charge in [0.1, 0.15) is 0 Å². The van der Waals surface area contributed by atoms with E-state index >= 15 is 0 Å². The largest absolute Gasteiger partial charge is 0.301 e. The van der Waals surface area contributed by atoms with Gasteiger partial charge in [0.25, 0.3) is 0 Å². The van der Waals surface area contributed by atoms with E-state index in [0.717, 1.165) is 40.3 Å². The molecule has 0 saturated heterocycles. The topological polar surface area (TPSA) is 3.24 Å². The van der Waals surface area contributed by atoms with Crippen LogP contribution in [0.2, 0.25) is 10.0 Å². The average molecular weight is 449 g/mol. The van der Waals surface area contributed by atoms with Gasteiger partial charge in [-0.1, -0.05) is 49.4 Å². The van der Waals surface area contributed by atoms with Crippen LogP contribution in [0.5, 0.6) is 0 Å². The van der Waals surface area contributed by atoms with Crippen LogP contribution in [0.3, 0.4) is 0 Å². The molecule has 0 amide bonds. The Kier molecular flexibility index (Phi) is 6.44. The third-order valence-corrected chi connectivity index (χ3v) is 9.67. The first-order chi connectivity index (χ1) is 14.6. The Balaban J connectivity index is 1.26. The third kappa shape index (κ3) is 4.20. The molecule has 30 heavy (non-hydrogen) atoms. The van der Waals surface area contributed by atoms with Crippen LogP contribution < -0.4 is 0 Å². The highest BCUT2D eigenvalue weighted by Crippen LogP contribution is 2.62. The smallest absolute Gasteiger partial charge is 0.0461 e. The van der Waals surface area contributed by atoms with Crippen LogP contribution in [0.15, 0.2) is 12.1 Å². The van der Waals surface area contributed by atoms with Crippen LogP contribution in [0.4, 0.5) is 0 Å². The molecule has 5 aliphatic carbocycles. The predicted molar refractivity (Wildman–Crippen MR) is 129 cm³/mol. The van der Waals surface area contributed by atoms with Gasteiger partial charge in [0, 0.05) is 16.1 Å². The van der Waals surface area contributed by atoms with E-state index < -0.39 is 0 Å². The van der Waals surface area contributed by atoms with Gasteiger partial charge < -0.3 is 4.90 Å². The van der Waals surface area contributed by atoms with E-state index in [1.807, 2.05) is 0 Å². The summed E-state index contributed by atoms with van der Waals surface area (Å²) in [5.41, 5.74) is 2.92. The Bertz CT molecular complexity index is 693. The predicted octanol–water partition coefficient (Wildman–Crippen LogP) is 8.05. The molecule has 0 aliphatic heterocycles. The van der Waals surface area contributed by atoms with E-state index in [1.165, 1.54) is 101 Å². The van der Waals surface area contributed by atoms with E-state index in [9.17, 15) is 0 Å². The first kappa shape index (κ1) is 21.6. The van der Waals surface area contributed by atoms with Crippen LogP contribution in [-0.4, -0.2) is 24.0 Å². The molecular weight excluding hydrogens is 409 g/mol. The van der Waals surface area contributed by atoms with Crippen molar-refractivity contribution in [2.24, 2.45) is 17.8 Å². The van der Waals surface area contributed by atoms with Crippen molar-refractivity contribution >= 4 is 23.2 Å². The van der Waals surface area contributed by atoms with E-state index in [-0.39, 0.29) is 5.41 Å². The summed E-state index contributed by atoms with van der Waals surface area (Å²) in [5, 5.41) is 1.91. The van der Waals surface area contributed by atoms with Crippen molar-refractivity contribution in [3.8, 4) is 0 Å². The maximum Gasteiger partial charge on any atom is 0.0461 e. The van der Waals surface area contributed by atoms with Gasteiger partial charge in [0.2, 0.25) is 0 Å². The lowest BCUT2D eigenvalue weighted by atomic mass is 9.48. The van der Waals surface area contributed by atoms with E-state index in [4.69, 9.17) is 23.2 Å². The fourth-order valence-corrected chi connectivity index (χ4v) is 9.16. The molecule has 5 fully saturated rings. The Morgan fingerprint density at radius 2 is 1.47 bits per heavy atom. The monoisotopic (exact) mass is 447 g/mol. The number of benzene rings is 1. The van der Waals surface area contributed by atoms with Gasteiger partial charge in [-0.3, -0.25) is 0 Å². The zero-order valence-corrected chi connectivity index (χ0v) is 20.3. The number of halogens is 2. The Morgan fingerprint density at radius 3 is 2.00 bits per heavy atom. The fourth-order valence-electron chi connectivity index (χ4n) is 8.22. The molecule has 166 valence electrons. The maximum absolute atomic E-state index is 6.97. The summed E-state index contributed by atoms with van der Waals surface area (Å²) in [6.45, 7) is 4.70. The molecule has 1 nitrogen and oxygen atoms in total. The quantitative estimate of drug-likeness (QED) is 0.408. The lowest BCUT2D eigenvalue weighted by molar-refractivity contribution is -0.00509. The van der Waals surface area contributed by atoms with Crippen LogP contribution in [0.1, 0.15) is 95.1 Å². The highest BCUT2D eigenvalue weighted by Gasteiger charge is 2.52. The van der Waals surface area contributed by atoms with Crippen molar-refractivity contribution in [2.75, 3.05) is 13.1 Å². The maximum atomic E-state index is 6.97. The van der Waals surface area contributed by atoms with Crippen molar-refractivity contribution in [1.29, 1.82) is 0 Å². The van der Waals surface area contributed by atoms with Crippen LogP contribution in [-0.2, 0) is 11.8 Å². The number of aryl methyl sites for hydroxylation is 1. The molecule has 1 aromatic rings. The van der Waals surface area contributed by atoms with Crippen molar-refractivity contribution in [2.45, 2.75) is 102 Å². The summed E-state index contributed by atoms with van der Waals surface area (Å²) < 4.78 is 0. The third-order valence-electron chi connectivity index (χ3n) is 9.08. The zero-order valence-electron chi connectivity index (χ0n) is 18.8. The first-order valence-electron chi connectivity index (χ1n) is 12.8. The number of nitrogens with zero attached hydrogens (tertiary/aromatic N) is 1. The summed E-state index contributed by atoms with van der Waals surface area (Å²) in [7, 11) is 0. The van der Waals surface area contributed by atoms with Gasteiger partial charge in [0.15, 0.2) is 0 Å². The van der Waals surface area contributed by atoms with E-state index in [1.54, 1.807) is 0 Å². The van der Waals surface area contributed by atoms with Crippen LogP contribution >= 0.6 is 23.2 Å². The first-order valence-corrected chi connectivity index (χ1v) is 13.5. The molecular formula is C27H39Cl2N. The minimum absolute atomic E-state index is 0.279. The second kappa shape index (κ2) is 8.95. The van der Waals surface area contributed by atoms with Crippen molar-refractivity contribution in [3.05, 3.63) is 33.3 Å². The highest BCUT2D eigenvalue weighted by molar-refractivity contribution is 6.36. The molecule has 0 N–H and O–H groups in total. The Hall–Kier alpha value is -0.240. The van der Waals surface area contributed by atoms with Gasteiger partial charge in [-0.2, -0.15) is 0 Å². The molecule has 0 atom stereocenters. The van der Waals surface area contributed by atoms with E-state index in [2.05, 4.69) is 24.0 Å². The Morgan fingerprint density at radius 1 is 0.900 bits per heavy atom. The summed E-state index contributed by atoms with van der Waals surface area (Å²) >= 11 is 13.9. The molecule has 4 bridgehead atoms. The normalized spacial score (nSPS) is 33.5. The van der Waals surface area contributed by atoms with Crippen molar-refractivity contribution < 1.29 is 0 Å². The Labute approximate surface area is 193 Å². The number of rotatable bonds is 7. The standard InChI is InChI=1S/C27H39Cl2N/c1-2-30(23-8-4-3-5-9-23)10-6-7-19-14-24(28)26(25(29)15-19)27-16-20-11-21(17-27)13-22(12-20)18-27/h14-15,20-23H,2-13,16-18H2,1H3. The molecule has 0 aromatic heterocycles. The van der Waals surface area contributed by atoms with Gasteiger partial charge in [0.05, 0.1) is 0 Å². The SMILES string of the molecule is CCN(CCCc1cc(Cl)c(C23CC4CC(CC(C4)C2)C3)c(Cl)c1)C1CCCCC1. The summed E-state index contributed by atoms with van der Waals surface area (Å²) in [6, 6.07) is 5.34. The van der Waals surface area contributed by atoms with E-state index in [0.29, 0.717) is 0 Å². The second-order valence-corrected chi connectivity index (χ2v) is 12.0. The van der Waals surface area contributed by atoms with Gasteiger partial charge >= 0.3 is 0 Å². The lowest BCUT2D eigenvalue weighted by Gasteiger charge is -2.57. The minimum atomic E-state index is 0.279. The molecule has 6 rings (SSSR count). The molecule has 0 heterocycles. The van der Waals surface area contributed by atoms with Gasteiger partial charge in [-0.15, -0.1) is 0 Å². The van der Waals surface area contributed by atoms with Crippen molar-refractivity contribution in [1.82, 2.24) is 4.90 Å². The number of hydrogen-bond acceptors (Lipinski definition) is 1. The summed E-state index contributed by atoms with van der Waals surface area (Å²) in [4.78, 5) is 2.71. The summed E-state index contributed by atoms with van der Waals surface area (Å²) in [6.07, 6.45) is 17.7. The molecule has 1 aromatic carbocycles. The van der Waals surface area contributed by atoms with Crippen LogP contribution in [0.25, 0.3) is 0 Å². The average Bonchev–Trinajstić information content (AvgIpc) is 2.70. The van der Waals surface area contributed by atoms with Gasteiger partial charge in [-0.05, 0) is 124 Å². The zero-order chi connectivity index (χ0) is 20.7. The highest BCUT2D eigenvalue weighted by atomic mass is 35.5. The minimum Gasteiger partial charge on any atom is -0.301 e. The lowest BCUT2D eigenvalue weighted by Crippen LogP contribution is -2.48. The molecule has 0 radical (unpaired) electrons. The van der Waals surface area contributed by atoms with Crippen molar-refractivity contribution in [3.63, 3.8) is 0 Å². The number of hydrogen-bond donors (Lipinski definition) is 0. The molecule has 3 heteroatoms. The summed E-state index contributed by atoms with van der Waals surface area (Å²) in [5.74, 6) is 2.76. The van der Waals surface area contributed by atoms with Crippen LogP contribution in [0, 0.1) is 17.8 Å². The molecule has 5 aliphatic rings. The molecule has 0 spiro atoms. The fraction of sp³-hybridized carbons (Fsp3) is 0.778. The van der Waals surface area contributed by atoms with Gasteiger partial charge in [-0.25, -0.2) is 0 Å². The molecule has 0 unspecified atom stereocenters. The molecule has 5 saturated carbocycles.